The molecule has 178 valence electrons. The summed E-state index contributed by atoms with van der Waals surface area (Å²) < 4.78 is 31.7. The van der Waals surface area contributed by atoms with E-state index in [-0.39, 0.29) is 37.9 Å². The topological polar surface area (TPSA) is 138 Å². The van der Waals surface area contributed by atoms with Crippen LogP contribution in [0.25, 0.3) is 5.57 Å². The third kappa shape index (κ3) is 5.73. The quantitative estimate of drug-likeness (QED) is 0.281. The van der Waals surface area contributed by atoms with Crippen LogP contribution in [-0.2, 0) is 19.1 Å². The van der Waals surface area contributed by atoms with E-state index >= 15 is 0 Å². The number of carbonyl (C=O) groups excluding carboxylic acids is 3. The van der Waals surface area contributed by atoms with Crippen molar-refractivity contribution in [1.82, 2.24) is 9.88 Å². The third-order valence-corrected chi connectivity index (χ3v) is 6.22. The predicted octanol–water partition coefficient (Wildman–Crippen LogP) is 3.28. The summed E-state index contributed by atoms with van der Waals surface area (Å²) in [5.74, 6) is -4.78. The van der Waals surface area contributed by atoms with Crippen LogP contribution in [0.4, 0.5) is 24.4 Å². The van der Waals surface area contributed by atoms with Crippen molar-refractivity contribution in [2.75, 3.05) is 23.8 Å². The number of hydrogen-bond donors (Lipinski definition) is 3. The molecule has 34 heavy (non-hydrogen) atoms. The molecular formula is C19H14F2N4O6S3. The fourth-order valence-electron chi connectivity index (χ4n) is 2.63. The molecule has 15 heteroatoms. The molecule has 1 aliphatic rings. The van der Waals surface area contributed by atoms with E-state index in [2.05, 4.69) is 15.6 Å². The Morgan fingerprint density at radius 1 is 1.26 bits per heavy atom. The first kappa shape index (κ1) is 25.2. The van der Waals surface area contributed by atoms with Crippen LogP contribution in [0.5, 0.6) is 0 Å². The summed E-state index contributed by atoms with van der Waals surface area (Å²) in [4.78, 5) is 53.3. The first-order valence-corrected chi connectivity index (χ1v) is 11.4. The number of aromatic nitrogens is 1. The van der Waals surface area contributed by atoms with Crippen molar-refractivity contribution in [3.63, 3.8) is 0 Å². The minimum atomic E-state index is -1.29. The molecule has 0 radical (unpaired) electrons. The Morgan fingerprint density at radius 2 is 2.00 bits per heavy atom. The first-order valence-electron chi connectivity index (χ1n) is 9.26. The molecule has 1 saturated heterocycles. The Bertz CT molecular complexity index is 1230. The number of esters is 1. The molecule has 0 bridgehead atoms. The molecule has 1 aromatic heterocycles. The lowest BCUT2D eigenvalue weighted by molar-refractivity contribution is -0.140. The van der Waals surface area contributed by atoms with Gasteiger partial charge in [0.25, 0.3) is 5.91 Å². The summed E-state index contributed by atoms with van der Waals surface area (Å²) in [7, 11) is 0. The highest BCUT2D eigenvalue weighted by atomic mass is 32.2. The van der Waals surface area contributed by atoms with E-state index in [4.69, 9.17) is 22.1 Å². The summed E-state index contributed by atoms with van der Waals surface area (Å²) in [6, 6.07) is 1.71. The first-order chi connectivity index (χ1) is 16.1. The maximum absolute atomic E-state index is 13.7. The van der Waals surface area contributed by atoms with Crippen LogP contribution in [0.2, 0.25) is 0 Å². The Labute approximate surface area is 204 Å². The van der Waals surface area contributed by atoms with Gasteiger partial charge in [-0.05, 0) is 19.1 Å². The molecule has 0 unspecified atom stereocenters. The van der Waals surface area contributed by atoms with E-state index < -0.39 is 42.1 Å². The highest BCUT2D eigenvalue weighted by Gasteiger charge is 2.38. The van der Waals surface area contributed by atoms with E-state index in [1.165, 1.54) is 5.38 Å². The number of amides is 3. The number of halogens is 2. The van der Waals surface area contributed by atoms with Gasteiger partial charge in [-0.25, -0.2) is 23.4 Å². The molecule has 2 heterocycles. The van der Waals surface area contributed by atoms with Crippen LogP contribution in [0.3, 0.4) is 0 Å². The second kappa shape index (κ2) is 10.7. The van der Waals surface area contributed by atoms with Crippen molar-refractivity contribution in [1.29, 1.82) is 0 Å². The lowest BCUT2D eigenvalue weighted by Gasteiger charge is -2.11. The Balaban J connectivity index is 1.86. The Hall–Kier alpha value is -3.43. The molecule has 0 aliphatic carbocycles. The zero-order valence-electron chi connectivity index (χ0n) is 17.1. The number of hydrogen-bond acceptors (Lipinski definition) is 9. The molecule has 1 aliphatic heterocycles. The predicted molar refractivity (Wildman–Crippen MR) is 124 cm³/mol. The van der Waals surface area contributed by atoms with Crippen molar-refractivity contribution in [3.8, 4) is 0 Å². The Kier molecular flexibility index (Phi) is 7.90. The van der Waals surface area contributed by atoms with Gasteiger partial charge < -0.3 is 15.2 Å². The summed E-state index contributed by atoms with van der Waals surface area (Å²) in [6.45, 7) is 0.852. The summed E-state index contributed by atoms with van der Waals surface area (Å²) in [5.41, 5.74) is -0.547. The monoisotopic (exact) mass is 528 g/mol. The zero-order valence-corrected chi connectivity index (χ0v) is 19.5. The molecule has 0 spiro atoms. The van der Waals surface area contributed by atoms with Gasteiger partial charge in [0.1, 0.15) is 28.1 Å². The number of rotatable bonds is 7. The molecule has 3 rings (SSSR count). The third-order valence-electron chi connectivity index (χ3n) is 4.01. The van der Waals surface area contributed by atoms with Gasteiger partial charge in [-0.15, -0.1) is 11.3 Å². The van der Waals surface area contributed by atoms with E-state index in [1.807, 2.05) is 0 Å². The van der Waals surface area contributed by atoms with Gasteiger partial charge in [0.05, 0.1) is 22.9 Å². The van der Waals surface area contributed by atoms with Crippen molar-refractivity contribution in [2.45, 2.75) is 6.92 Å². The lowest BCUT2D eigenvalue weighted by atomic mass is 10.2. The second-order valence-corrected chi connectivity index (χ2v) is 8.82. The lowest BCUT2D eigenvalue weighted by Crippen LogP contribution is -2.33. The average Bonchev–Trinajstić information content (AvgIpc) is 3.30. The smallest absolute Gasteiger partial charge is 0.341 e. The van der Waals surface area contributed by atoms with Crippen LogP contribution in [0.15, 0.2) is 28.5 Å². The van der Waals surface area contributed by atoms with Gasteiger partial charge in [0.15, 0.2) is 5.13 Å². The Morgan fingerprint density at radius 3 is 2.65 bits per heavy atom. The fraction of sp³-hybridized carbons (Fsp3) is 0.158. The average molecular weight is 529 g/mol. The van der Waals surface area contributed by atoms with Crippen molar-refractivity contribution >= 4 is 79.9 Å². The zero-order chi connectivity index (χ0) is 25.0. The number of urea groups is 1. The van der Waals surface area contributed by atoms with Crippen LogP contribution < -0.4 is 10.6 Å². The number of aliphatic carboxylic acids is 1. The maximum Gasteiger partial charge on any atom is 0.341 e. The van der Waals surface area contributed by atoms with Crippen LogP contribution >= 0.6 is 35.3 Å². The molecular weight excluding hydrogens is 514 g/mol. The van der Waals surface area contributed by atoms with Crippen molar-refractivity contribution in [2.24, 2.45) is 0 Å². The van der Waals surface area contributed by atoms with E-state index in [9.17, 15) is 28.0 Å². The molecule has 10 nitrogen and oxygen atoms in total. The van der Waals surface area contributed by atoms with Gasteiger partial charge in [-0.1, -0.05) is 24.0 Å². The number of nitrogens with zero attached hydrogens (tertiary/aromatic N) is 2. The number of thioether (sulfide) groups is 1. The molecule has 3 N–H and O–H groups in total. The van der Waals surface area contributed by atoms with Crippen LogP contribution in [0, 0.1) is 11.6 Å². The van der Waals surface area contributed by atoms with Crippen LogP contribution in [0.1, 0.15) is 12.6 Å². The van der Waals surface area contributed by atoms with Gasteiger partial charge in [-0.3, -0.25) is 19.8 Å². The van der Waals surface area contributed by atoms with Gasteiger partial charge in [0.2, 0.25) is 0 Å². The van der Waals surface area contributed by atoms with E-state index in [1.54, 1.807) is 6.92 Å². The normalized spacial score (nSPS) is 14.7. The number of thiazole rings is 1. The van der Waals surface area contributed by atoms with Gasteiger partial charge >= 0.3 is 18.0 Å². The molecule has 1 aromatic carbocycles. The minimum absolute atomic E-state index is 0.0152. The van der Waals surface area contributed by atoms with Gasteiger partial charge in [-0.2, -0.15) is 0 Å². The van der Waals surface area contributed by atoms with Crippen LogP contribution in [-0.4, -0.2) is 56.3 Å². The molecule has 0 atom stereocenters. The van der Waals surface area contributed by atoms with Crippen molar-refractivity contribution in [3.05, 3.63) is 45.8 Å². The number of carbonyl (C=O) groups is 4. The van der Waals surface area contributed by atoms with Crippen molar-refractivity contribution < 1.29 is 37.8 Å². The largest absolute Gasteiger partial charge is 0.480 e. The molecule has 0 saturated carbocycles. The summed E-state index contributed by atoms with van der Waals surface area (Å²) in [6.07, 6.45) is 0. The second-order valence-electron chi connectivity index (χ2n) is 6.32. The number of nitrogens with one attached hydrogen (secondary N) is 2. The number of carboxylic acids is 1. The maximum atomic E-state index is 13.7. The highest BCUT2D eigenvalue weighted by Crippen LogP contribution is 2.38. The standard InChI is InChI=1S/C19H14F2N4O6S3/c1-2-31-16(29)13(14-15(28)25(6-12(26)27)19(32)34-14)11-7-33-18(23-11)24-17(30)22-10-4-3-8(20)5-9(10)21/h3-5,7H,2,6H2,1H3,(H,26,27)(H2,22,23,24,30)/b14-13+. The number of benzene rings is 1. The number of thiocarbonyl (C=S) groups is 1. The SMILES string of the molecule is CCOC(=O)/C(=C1/SC(=S)N(CC(=O)O)C1=O)c1csc(NC(=O)Nc2ccc(F)cc2F)n1. The number of carboxylic acid groups (broad SMARTS) is 1. The summed E-state index contributed by atoms with van der Waals surface area (Å²) >= 11 is 6.67. The fourth-order valence-corrected chi connectivity index (χ4v) is 4.64. The molecule has 1 fully saturated rings. The van der Waals surface area contributed by atoms with Gasteiger partial charge in [0, 0.05) is 11.4 Å². The molecule has 3 amide bonds. The minimum Gasteiger partial charge on any atom is -0.480 e. The highest BCUT2D eigenvalue weighted by molar-refractivity contribution is 8.26. The van der Waals surface area contributed by atoms with E-state index in [0.29, 0.717) is 6.07 Å². The number of anilines is 2. The van der Waals surface area contributed by atoms with E-state index in [0.717, 1.165) is 40.1 Å². The summed E-state index contributed by atoms with van der Waals surface area (Å²) in [5, 5.41) is 14.9. The molecule has 2 aromatic rings. The number of ether oxygens (including phenoxy) is 1.